The van der Waals surface area contributed by atoms with Gasteiger partial charge < -0.3 is 19.4 Å². The number of oxazole rings is 1. The normalized spacial score (nSPS) is 13.3. The first kappa shape index (κ1) is 18.7. The van der Waals surface area contributed by atoms with Crippen LogP contribution in [0.5, 0.6) is 5.75 Å². The van der Waals surface area contributed by atoms with Gasteiger partial charge in [0.05, 0.1) is 18.4 Å². The van der Waals surface area contributed by atoms with Crippen molar-refractivity contribution in [2.45, 2.75) is 12.8 Å². The summed E-state index contributed by atoms with van der Waals surface area (Å²) < 4.78 is 10.7. The number of hydrogen-bond acceptors (Lipinski definition) is 5. The fourth-order valence-electron chi connectivity index (χ4n) is 3.43. The fourth-order valence-corrected chi connectivity index (χ4v) is 3.43. The minimum atomic E-state index is -0.446. The van der Waals surface area contributed by atoms with E-state index >= 15 is 0 Å². The summed E-state index contributed by atoms with van der Waals surface area (Å²) >= 11 is 0. The number of aromatic nitrogens is 1. The molecule has 1 fully saturated rings. The molecule has 0 spiro atoms. The van der Waals surface area contributed by atoms with Gasteiger partial charge in [-0.3, -0.25) is 9.59 Å². The lowest BCUT2D eigenvalue weighted by Gasteiger charge is -2.17. The first-order chi connectivity index (χ1) is 14.2. The number of rotatable bonds is 5. The highest BCUT2D eigenvalue weighted by atomic mass is 16.5. The maximum atomic E-state index is 12.9. The molecule has 7 heteroatoms. The van der Waals surface area contributed by atoms with Crippen molar-refractivity contribution in [2.24, 2.45) is 0 Å². The van der Waals surface area contributed by atoms with E-state index < -0.39 is 5.91 Å². The number of nitrogens with zero attached hydrogens (tertiary/aromatic N) is 2. The predicted molar refractivity (Wildman–Crippen MR) is 108 cm³/mol. The molecule has 2 amide bonds. The average Bonchev–Trinajstić information content (AvgIpc) is 3.46. The Morgan fingerprint density at radius 2 is 1.90 bits per heavy atom. The van der Waals surface area contributed by atoms with Gasteiger partial charge in [-0.2, -0.15) is 0 Å². The Balaban J connectivity index is 1.60. The summed E-state index contributed by atoms with van der Waals surface area (Å²) in [6.07, 6.45) is 3.23. The summed E-state index contributed by atoms with van der Waals surface area (Å²) in [4.78, 5) is 31.6. The molecule has 3 aromatic rings. The zero-order chi connectivity index (χ0) is 20.2. The van der Waals surface area contributed by atoms with E-state index in [0.29, 0.717) is 28.3 Å². The van der Waals surface area contributed by atoms with E-state index in [1.807, 2.05) is 17.0 Å². The number of anilines is 1. The van der Waals surface area contributed by atoms with E-state index in [4.69, 9.17) is 9.15 Å². The van der Waals surface area contributed by atoms with Crippen molar-refractivity contribution in [1.29, 1.82) is 0 Å². The number of hydrogen-bond donors (Lipinski definition) is 1. The zero-order valence-corrected chi connectivity index (χ0v) is 16.1. The van der Waals surface area contributed by atoms with Crippen molar-refractivity contribution in [3.05, 3.63) is 66.2 Å². The van der Waals surface area contributed by atoms with Crippen LogP contribution in [0.1, 0.15) is 33.7 Å². The van der Waals surface area contributed by atoms with E-state index in [9.17, 15) is 9.59 Å². The lowest BCUT2D eigenvalue weighted by Crippen LogP contribution is -2.28. The Kier molecular flexibility index (Phi) is 5.29. The second-order valence-corrected chi connectivity index (χ2v) is 6.76. The third-order valence-electron chi connectivity index (χ3n) is 4.91. The summed E-state index contributed by atoms with van der Waals surface area (Å²) in [7, 11) is 1.57. The van der Waals surface area contributed by atoms with Gasteiger partial charge in [-0.05, 0) is 37.1 Å². The summed E-state index contributed by atoms with van der Waals surface area (Å²) in [6, 6.07) is 14.2. The molecule has 0 saturated carbocycles. The fraction of sp³-hybridized carbons (Fsp3) is 0.227. The summed E-state index contributed by atoms with van der Waals surface area (Å²) in [5, 5.41) is 2.82. The molecule has 0 radical (unpaired) electrons. The quantitative estimate of drug-likeness (QED) is 0.714. The number of carbonyl (C=O) groups excluding carboxylic acids is 2. The molecular weight excluding hydrogens is 370 g/mol. The first-order valence-corrected chi connectivity index (χ1v) is 9.45. The highest BCUT2D eigenvalue weighted by Crippen LogP contribution is 2.28. The lowest BCUT2D eigenvalue weighted by atomic mass is 10.1. The van der Waals surface area contributed by atoms with Gasteiger partial charge in [0, 0.05) is 18.7 Å². The smallest absolute Gasteiger partial charge is 0.278 e. The largest absolute Gasteiger partial charge is 0.497 e. The van der Waals surface area contributed by atoms with Gasteiger partial charge in [-0.25, -0.2) is 4.98 Å². The number of methoxy groups -OCH3 is 1. The number of carbonyl (C=O) groups is 2. The zero-order valence-electron chi connectivity index (χ0n) is 16.1. The molecule has 7 nitrogen and oxygen atoms in total. The number of amides is 2. The summed E-state index contributed by atoms with van der Waals surface area (Å²) in [5.41, 5.74) is 1.73. The second kappa shape index (κ2) is 8.18. The van der Waals surface area contributed by atoms with E-state index in [1.54, 1.807) is 43.5 Å². The number of likely N-dealkylation sites (tertiary alicyclic amines) is 1. The van der Waals surface area contributed by atoms with Gasteiger partial charge >= 0.3 is 0 Å². The third kappa shape index (κ3) is 3.85. The second-order valence-electron chi connectivity index (χ2n) is 6.76. The molecule has 0 unspecified atom stereocenters. The van der Waals surface area contributed by atoms with Crippen molar-refractivity contribution < 1.29 is 18.7 Å². The molecular formula is C22H21N3O4. The van der Waals surface area contributed by atoms with Gasteiger partial charge in [0.25, 0.3) is 11.8 Å². The van der Waals surface area contributed by atoms with E-state index in [2.05, 4.69) is 10.3 Å². The Hall–Kier alpha value is -3.61. The van der Waals surface area contributed by atoms with Crippen molar-refractivity contribution >= 4 is 17.5 Å². The van der Waals surface area contributed by atoms with Crippen LogP contribution in [0.2, 0.25) is 0 Å². The summed E-state index contributed by atoms with van der Waals surface area (Å²) in [5.74, 6) is 0.460. The Morgan fingerprint density at radius 3 is 2.69 bits per heavy atom. The molecule has 1 saturated heterocycles. The number of benzene rings is 2. The molecule has 1 N–H and O–H groups in total. The molecule has 4 rings (SSSR count). The number of ether oxygens (including phenoxy) is 1. The van der Waals surface area contributed by atoms with Crippen LogP contribution in [0.4, 0.5) is 5.69 Å². The molecule has 29 heavy (non-hydrogen) atoms. The first-order valence-electron chi connectivity index (χ1n) is 9.45. The minimum Gasteiger partial charge on any atom is -0.497 e. The third-order valence-corrected chi connectivity index (χ3v) is 4.91. The van der Waals surface area contributed by atoms with Crippen molar-refractivity contribution in [3.63, 3.8) is 0 Å². The number of para-hydroxylation sites is 1. The van der Waals surface area contributed by atoms with Crippen LogP contribution < -0.4 is 10.1 Å². The van der Waals surface area contributed by atoms with Crippen LogP contribution in [0.15, 0.2) is 59.3 Å². The molecule has 2 heterocycles. The van der Waals surface area contributed by atoms with E-state index in [0.717, 1.165) is 25.9 Å². The van der Waals surface area contributed by atoms with Crippen LogP contribution >= 0.6 is 0 Å². The Morgan fingerprint density at radius 1 is 1.10 bits per heavy atom. The van der Waals surface area contributed by atoms with Crippen LogP contribution in [0, 0.1) is 0 Å². The van der Waals surface area contributed by atoms with Gasteiger partial charge in [0.2, 0.25) is 0 Å². The van der Waals surface area contributed by atoms with Crippen LogP contribution in [0.3, 0.4) is 0 Å². The molecule has 1 aliphatic heterocycles. The Bertz CT molecular complexity index is 1040. The highest BCUT2D eigenvalue weighted by Gasteiger charge is 2.24. The highest BCUT2D eigenvalue weighted by molar-refractivity contribution is 6.10. The van der Waals surface area contributed by atoms with Crippen molar-refractivity contribution in [3.8, 4) is 17.1 Å². The predicted octanol–water partition coefficient (Wildman–Crippen LogP) is 3.84. The molecule has 1 aliphatic rings. The SMILES string of the molecule is COc1cccc(-c2ocnc2C(=O)Nc2ccccc2C(=O)N2CCCC2)c1. The van der Waals surface area contributed by atoms with Gasteiger partial charge in [-0.15, -0.1) is 0 Å². The molecule has 1 aromatic heterocycles. The molecule has 2 aromatic carbocycles. The van der Waals surface area contributed by atoms with Crippen molar-refractivity contribution in [1.82, 2.24) is 9.88 Å². The Labute approximate surface area is 168 Å². The molecule has 0 aliphatic carbocycles. The van der Waals surface area contributed by atoms with Gasteiger partial charge in [0.15, 0.2) is 17.8 Å². The molecule has 148 valence electrons. The number of nitrogens with one attached hydrogen (secondary N) is 1. The maximum absolute atomic E-state index is 12.9. The topological polar surface area (TPSA) is 84.7 Å². The molecule has 0 atom stereocenters. The van der Waals surface area contributed by atoms with Crippen molar-refractivity contribution in [2.75, 3.05) is 25.5 Å². The summed E-state index contributed by atoms with van der Waals surface area (Å²) in [6.45, 7) is 1.48. The van der Waals surface area contributed by atoms with Gasteiger partial charge in [0.1, 0.15) is 5.75 Å². The molecule has 0 bridgehead atoms. The van der Waals surface area contributed by atoms with Crippen LogP contribution in [-0.4, -0.2) is 41.9 Å². The van der Waals surface area contributed by atoms with Crippen LogP contribution in [0.25, 0.3) is 11.3 Å². The van der Waals surface area contributed by atoms with Gasteiger partial charge in [-0.1, -0.05) is 24.3 Å². The standard InChI is InChI=1S/C22H21N3O4/c1-28-16-8-6-7-15(13-16)20-19(23-14-29-20)21(26)24-18-10-3-2-9-17(18)22(27)25-11-4-5-12-25/h2-3,6-10,13-14H,4-5,11-12H2,1H3,(H,24,26). The monoisotopic (exact) mass is 391 g/mol. The van der Waals surface area contributed by atoms with E-state index in [1.165, 1.54) is 6.39 Å². The minimum absolute atomic E-state index is 0.0772. The van der Waals surface area contributed by atoms with Crippen LogP contribution in [-0.2, 0) is 0 Å². The maximum Gasteiger partial charge on any atom is 0.278 e. The van der Waals surface area contributed by atoms with E-state index in [-0.39, 0.29) is 11.6 Å². The lowest BCUT2D eigenvalue weighted by molar-refractivity contribution is 0.0794. The average molecular weight is 391 g/mol.